The number of carbonyl (C=O) groups is 1. The number of nitro benzene ring substituents is 1. The van der Waals surface area contributed by atoms with E-state index in [9.17, 15) is 27.7 Å². The number of nitro groups is 1. The van der Waals surface area contributed by atoms with Crippen molar-refractivity contribution >= 4 is 27.1 Å². The Labute approximate surface area is 160 Å². The highest BCUT2D eigenvalue weighted by molar-refractivity contribution is 7.91. The summed E-state index contributed by atoms with van der Waals surface area (Å²) >= 11 is 0. The third-order valence-electron chi connectivity index (χ3n) is 4.44. The molecule has 0 saturated carbocycles. The quantitative estimate of drug-likeness (QED) is 0.546. The Morgan fingerprint density at radius 1 is 1.39 bits per heavy atom. The Kier molecular flexibility index (Phi) is 5.75. The van der Waals surface area contributed by atoms with Crippen LogP contribution in [-0.4, -0.2) is 48.2 Å². The van der Waals surface area contributed by atoms with E-state index >= 15 is 0 Å². The molecule has 9 nitrogen and oxygen atoms in total. The van der Waals surface area contributed by atoms with Crippen LogP contribution in [0.3, 0.4) is 0 Å². The molecule has 1 amide bonds. The molecule has 1 saturated heterocycles. The van der Waals surface area contributed by atoms with Gasteiger partial charge in [-0.2, -0.15) is 0 Å². The number of halogens is 1. The minimum absolute atomic E-state index is 0.0391. The largest absolute Gasteiger partial charge is 0.468 e. The van der Waals surface area contributed by atoms with Crippen LogP contribution in [0.4, 0.5) is 15.8 Å². The lowest BCUT2D eigenvalue weighted by Gasteiger charge is -2.26. The number of sulfone groups is 1. The molecule has 0 unspecified atom stereocenters. The van der Waals surface area contributed by atoms with Gasteiger partial charge in [0, 0.05) is 6.04 Å². The number of benzene rings is 1. The van der Waals surface area contributed by atoms with E-state index in [4.69, 9.17) is 4.42 Å². The lowest BCUT2D eigenvalue weighted by molar-refractivity contribution is -0.384. The molecule has 1 aromatic carbocycles. The van der Waals surface area contributed by atoms with E-state index in [2.05, 4.69) is 5.32 Å². The van der Waals surface area contributed by atoms with E-state index in [1.807, 2.05) is 0 Å². The average molecular weight is 411 g/mol. The van der Waals surface area contributed by atoms with Crippen molar-refractivity contribution in [2.45, 2.75) is 19.0 Å². The van der Waals surface area contributed by atoms with Crippen molar-refractivity contribution in [3.05, 3.63) is 58.3 Å². The van der Waals surface area contributed by atoms with Crippen LogP contribution < -0.4 is 5.32 Å². The van der Waals surface area contributed by atoms with Gasteiger partial charge >= 0.3 is 0 Å². The topological polar surface area (TPSA) is 123 Å². The van der Waals surface area contributed by atoms with Gasteiger partial charge in [-0.1, -0.05) is 0 Å². The zero-order chi connectivity index (χ0) is 20.3. The number of furan rings is 1. The standard InChI is InChI=1S/C17H18FN3O6S/c18-12-3-4-15(16(8-12)21(23)24)19-17(22)10-20(9-14-2-1-6-27-14)13-5-7-28(25,26)11-13/h1-4,6,8,13H,5,7,9-11H2,(H,19,22)/t13-/m0/s1. The van der Waals surface area contributed by atoms with Gasteiger partial charge in [-0.05, 0) is 30.7 Å². The second-order valence-corrected chi connectivity index (χ2v) is 8.74. The molecule has 1 aliphatic heterocycles. The van der Waals surface area contributed by atoms with Gasteiger partial charge in [-0.25, -0.2) is 12.8 Å². The Balaban J connectivity index is 1.75. The molecule has 3 rings (SSSR count). The van der Waals surface area contributed by atoms with E-state index in [0.717, 1.165) is 18.2 Å². The number of nitrogens with one attached hydrogen (secondary N) is 1. The van der Waals surface area contributed by atoms with Crippen LogP contribution in [0.15, 0.2) is 41.0 Å². The van der Waals surface area contributed by atoms with E-state index < -0.39 is 32.2 Å². The zero-order valence-corrected chi connectivity index (χ0v) is 15.5. The first-order valence-electron chi connectivity index (χ1n) is 8.44. The second kappa shape index (κ2) is 8.07. The summed E-state index contributed by atoms with van der Waals surface area (Å²) in [5, 5.41) is 13.5. The third kappa shape index (κ3) is 4.93. The van der Waals surface area contributed by atoms with Crippen LogP contribution >= 0.6 is 0 Å². The van der Waals surface area contributed by atoms with Crippen LogP contribution in [0, 0.1) is 15.9 Å². The number of nitrogens with zero attached hydrogens (tertiary/aromatic N) is 2. The van der Waals surface area contributed by atoms with Crippen LogP contribution in [0.25, 0.3) is 0 Å². The highest BCUT2D eigenvalue weighted by Crippen LogP contribution is 2.25. The summed E-state index contributed by atoms with van der Waals surface area (Å²) < 4.78 is 42.2. The van der Waals surface area contributed by atoms with E-state index in [-0.39, 0.29) is 36.3 Å². The number of hydrogen-bond donors (Lipinski definition) is 1. The number of hydrogen-bond acceptors (Lipinski definition) is 7. The molecule has 1 aliphatic rings. The average Bonchev–Trinajstić information content (AvgIpc) is 3.25. The maximum absolute atomic E-state index is 13.3. The SMILES string of the molecule is O=C(CN(Cc1ccco1)[C@H]1CCS(=O)(=O)C1)Nc1ccc(F)cc1[N+](=O)[O-]. The molecule has 0 spiro atoms. The molecule has 150 valence electrons. The Morgan fingerprint density at radius 3 is 2.79 bits per heavy atom. The van der Waals surface area contributed by atoms with Crippen molar-refractivity contribution in [3.63, 3.8) is 0 Å². The van der Waals surface area contributed by atoms with Gasteiger partial charge in [0.1, 0.15) is 17.3 Å². The highest BCUT2D eigenvalue weighted by atomic mass is 32.2. The van der Waals surface area contributed by atoms with Gasteiger partial charge in [0.15, 0.2) is 9.84 Å². The maximum Gasteiger partial charge on any atom is 0.295 e. The minimum atomic E-state index is -3.17. The number of carbonyl (C=O) groups excluding carboxylic acids is 1. The molecule has 2 aromatic rings. The predicted molar refractivity (Wildman–Crippen MR) is 97.9 cm³/mol. The van der Waals surface area contributed by atoms with Gasteiger partial charge in [-0.15, -0.1) is 0 Å². The second-order valence-electron chi connectivity index (χ2n) is 6.51. The summed E-state index contributed by atoms with van der Waals surface area (Å²) in [6.07, 6.45) is 1.86. The summed E-state index contributed by atoms with van der Waals surface area (Å²) in [5.74, 6) is -0.842. The van der Waals surface area contributed by atoms with Crippen molar-refractivity contribution in [1.82, 2.24) is 4.90 Å². The smallest absolute Gasteiger partial charge is 0.295 e. The van der Waals surface area contributed by atoms with Crippen molar-refractivity contribution < 1.29 is 26.9 Å². The fourth-order valence-corrected chi connectivity index (χ4v) is 4.88. The molecular formula is C17H18FN3O6S. The third-order valence-corrected chi connectivity index (χ3v) is 6.19. The van der Waals surface area contributed by atoms with Crippen molar-refractivity contribution in [2.75, 3.05) is 23.4 Å². The molecule has 28 heavy (non-hydrogen) atoms. The lowest BCUT2D eigenvalue weighted by atomic mass is 10.2. The first kappa shape index (κ1) is 20.0. The fourth-order valence-electron chi connectivity index (χ4n) is 3.12. The van der Waals surface area contributed by atoms with E-state index in [1.54, 1.807) is 17.0 Å². The molecule has 11 heteroatoms. The number of anilines is 1. The Morgan fingerprint density at radius 2 is 2.18 bits per heavy atom. The molecule has 1 aromatic heterocycles. The Hall–Kier alpha value is -2.79. The first-order chi connectivity index (χ1) is 13.2. The van der Waals surface area contributed by atoms with Crippen molar-refractivity contribution in [1.29, 1.82) is 0 Å². The van der Waals surface area contributed by atoms with Crippen LogP contribution in [0.2, 0.25) is 0 Å². The van der Waals surface area contributed by atoms with Crippen LogP contribution in [0.5, 0.6) is 0 Å². The fraction of sp³-hybridized carbons (Fsp3) is 0.353. The van der Waals surface area contributed by atoms with Crippen molar-refractivity contribution in [2.24, 2.45) is 0 Å². The normalized spacial score (nSPS) is 18.3. The van der Waals surface area contributed by atoms with Crippen molar-refractivity contribution in [3.8, 4) is 0 Å². The van der Waals surface area contributed by atoms with E-state index in [1.165, 1.54) is 6.26 Å². The zero-order valence-electron chi connectivity index (χ0n) is 14.7. The predicted octanol–water partition coefficient (Wildman–Crippen LogP) is 1.95. The first-order valence-corrected chi connectivity index (χ1v) is 10.3. The summed E-state index contributed by atoms with van der Waals surface area (Å²) in [5.41, 5.74) is -0.692. The van der Waals surface area contributed by atoms with Crippen LogP contribution in [-0.2, 0) is 21.2 Å². The molecule has 0 bridgehead atoms. The molecular weight excluding hydrogens is 393 g/mol. The molecule has 2 heterocycles. The molecule has 1 atom stereocenters. The summed E-state index contributed by atoms with van der Waals surface area (Å²) in [4.78, 5) is 24.4. The van der Waals surface area contributed by atoms with Gasteiger partial charge < -0.3 is 9.73 Å². The molecule has 0 radical (unpaired) electrons. The Bertz CT molecular complexity index is 977. The molecule has 1 N–H and O–H groups in total. The number of rotatable bonds is 7. The maximum atomic E-state index is 13.3. The number of amides is 1. The minimum Gasteiger partial charge on any atom is -0.468 e. The summed E-state index contributed by atoms with van der Waals surface area (Å²) in [6, 6.07) is 5.86. The molecule has 0 aliphatic carbocycles. The summed E-state index contributed by atoms with van der Waals surface area (Å²) in [6.45, 7) is 0.0154. The lowest BCUT2D eigenvalue weighted by Crippen LogP contribution is -2.41. The van der Waals surface area contributed by atoms with Gasteiger partial charge in [0.25, 0.3) is 5.69 Å². The summed E-state index contributed by atoms with van der Waals surface area (Å²) in [7, 11) is -3.17. The highest BCUT2D eigenvalue weighted by Gasteiger charge is 2.33. The van der Waals surface area contributed by atoms with Gasteiger partial charge in [0.05, 0.1) is 41.8 Å². The molecule has 1 fully saturated rings. The van der Waals surface area contributed by atoms with Gasteiger partial charge in [-0.3, -0.25) is 19.8 Å². The monoisotopic (exact) mass is 411 g/mol. The van der Waals surface area contributed by atoms with E-state index in [0.29, 0.717) is 12.2 Å². The van der Waals surface area contributed by atoms with Gasteiger partial charge in [0.2, 0.25) is 5.91 Å². The van der Waals surface area contributed by atoms with Crippen LogP contribution in [0.1, 0.15) is 12.2 Å².